The summed E-state index contributed by atoms with van der Waals surface area (Å²) < 4.78 is 0. The molecule has 0 fully saturated rings. The van der Waals surface area contributed by atoms with E-state index in [-0.39, 0.29) is 0 Å². The molecule has 2 heteroatoms. The molecule has 1 aliphatic rings. The first-order chi connectivity index (χ1) is 6.43. The van der Waals surface area contributed by atoms with Gasteiger partial charge in [-0.25, -0.2) is 0 Å². The van der Waals surface area contributed by atoms with Crippen LogP contribution >= 0.6 is 0 Å². The van der Waals surface area contributed by atoms with Crippen molar-refractivity contribution in [1.29, 1.82) is 0 Å². The first kappa shape index (κ1) is 10.7. The predicted octanol–water partition coefficient (Wildman–Crippen LogP) is 1.54. The van der Waals surface area contributed by atoms with E-state index in [0.717, 1.165) is 19.0 Å². The Morgan fingerprint density at radius 1 is 1.31 bits per heavy atom. The molecule has 2 N–H and O–H groups in total. The van der Waals surface area contributed by atoms with E-state index in [0.29, 0.717) is 0 Å². The van der Waals surface area contributed by atoms with E-state index in [1.807, 2.05) is 7.05 Å². The zero-order chi connectivity index (χ0) is 9.36. The molecule has 0 bridgehead atoms. The number of allylic oxidation sites excluding steroid dienone is 2. The highest BCUT2D eigenvalue weighted by Gasteiger charge is 2.07. The molecule has 2 nitrogen and oxygen atoms in total. The van der Waals surface area contributed by atoms with Gasteiger partial charge in [0, 0.05) is 0 Å². The number of hydrogen-bond acceptors (Lipinski definition) is 2. The minimum Gasteiger partial charge on any atom is -0.320 e. The molecule has 1 rings (SSSR count). The van der Waals surface area contributed by atoms with Gasteiger partial charge in [-0.3, -0.25) is 0 Å². The van der Waals surface area contributed by atoms with Gasteiger partial charge in [-0.05, 0) is 58.3 Å². The van der Waals surface area contributed by atoms with Gasteiger partial charge in [0.2, 0.25) is 0 Å². The fourth-order valence-electron chi connectivity index (χ4n) is 1.74. The quantitative estimate of drug-likeness (QED) is 0.461. The van der Waals surface area contributed by atoms with Crippen LogP contribution in [0.3, 0.4) is 0 Å². The van der Waals surface area contributed by atoms with Crippen LogP contribution in [0.2, 0.25) is 0 Å². The van der Waals surface area contributed by atoms with Crippen LogP contribution in [-0.4, -0.2) is 26.7 Å². The summed E-state index contributed by atoms with van der Waals surface area (Å²) in [5.41, 5.74) is 0. The minimum absolute atomic E-state index is 0.858. The van der Waals surface area contributed by atoms with Crippen molar-refractivity contribution in [1.82, 2.24) is 10.6 Å². The molecule has 1 atom stereocenters. The van der Waals surface area contributed by atoms with E-state index in [1.165, 1.54) is 32.2 Å². The van der Waals surface area contributed by atoms with Crippen molar-refractivity contribution in [2.45, 2.75) is 25.7 Å². The SMILES string of the molecule is CNCCCNCCC1C=CCC1. The van der Waals surface area contributed by atoms with Crippen molar-refractivity contribution in [2.24, 2.45) is 5.92 Å². The summed E-state index contributed by atoms with van der Waals surface area (Å²) >= 11 is 0. The van der Waals surface area contributed by atoms with Crippen molar-refractivity contribution in [3.05, 3.63) is 12.2 Å². The Labute approximate surface area is 81.8 Å². The largest absolute Gasteiger partial charge is 0.320 e. The number of nitrogens with one attached hydrogen (secondary N) is 2. The number of rotatable bonds is 7. The lowest BCUT2D eigenvalue weighted by Crippen LogP contribution is -2.21. The first-order valence-corrected chi connectivity index (χ1v) is 5.45. The molecule has 0 heterocycles. The fourth-order valence-corrected chi connectivity index (χ4v) is 1.74. The molecule has 0 amide bonds. The van der Waals surface area contributed by atoms with Gasteiger partial charge >= 0.3 is 0 Å². The van der Waals surface area contributed by atoms with Crippen LogP contribution in [0, 0.1) is 5.92 Å². The summed E-state index contributed by atoms with van der Waals surface area (Å²) in [6.45, 7) is 3.45. The van der Waals surface area contributed by atoms with Gasteiger partial charge in [-0.1, -0.05) is 12.2 Å². The van der Waals surface area contributed by atoms with Crippen LogP contribution in [0.1, 0.15) is 25.7 Å². The van der Waals surface area contributed by atoms with Crippen molar-refractivity contribution in [3.8, 4) is 0 Å². The zero-order valence-corrected chi connectivity index (χ0v) is 8.68. The van der Waals surface area contributed by atoms with Crippen LogP contribution in [0.5, 0.6) is 0 Å². The molecule has 0 saturated heterocycles. The van der Waals surface area contributed by atoms with E-state index in [4.69, 9.17) is 0 Å². The van der Waals surface area contributed by atoms with Crippen LogP contribution < -0.4 is 10.6 Å². The van der Waals surface area contributed by atoms with E-state index in [9.17, 15) is 0 Å². The Balaban J connectivity index is 1.81. The fraction of sp³-hybridized carbons (Fsp3) is 0.818. The maximum Gasteiger partial charge on any atom is -0.00368 e. The van der Waals surface area contributed by atoms with Gasteiger partial charge in [0.05, 0.1) is 0 Å². The van der Waals surface area contributed by atoms with Crippen molar-refractivity contribution < 1.29 is 0 Å². The van der Waals surface area contributed by atoms with Gasteiger partial charge < -0.3 is 10.6 Å². The predicted molar refractivity (Wildman–Crippen MR) is 57.9 cm³/mol. The minimum atomic E-state index is 0.858. The third-order valence-corrected chi connectivity index (χ3v) is 2.58. The lowest BCUT2D eigenvalue weighted by Gasteiger charge is -2.08. The molecule has 13 heavy (non-hydrogen) atoms. The van der Waals surface area contributed by atoms with E-state index < -0.39 is 0 Å². The normalized spacial score (nSPS) is 21.2. The van der Waals surface area contributed by atoms with E-state index in [1.54, 1.807) is 0 Å². The first-order valence-electron chi connectivity index (χ1n) is 5.45. The average Bonchev–Trinajstić information content (AvgIpc) is 2.63. The Kier molecular flexibility index (Phi) is 5.87. The van der Waals surface area contributed by atoms with Crippen molar-refractivity contribution >= 4 is 0 Å². The standard InChI is InChI=1S/C11H22N2/c1-12-8-4-9-13-10-7-11-5-2-3-6-11/h2,5,11-13H,3-4,6-10H2,1H3. The molecule has 0 aromatic heterocycles. The average molecular weight is 182 g/mol. The summed E-state index contributed by atoms with van der Waals surface area (Å²) in [6, 6.07) is 0. The second kappa shape index (κ2) is 7.10. The maximum absolute atomic E-state index is 3.47. The molecule has 1 unspecified atom stereocenters. The van der Waals surface area contributed by atoms with Crippen molar-refractivity contribution in [2.75, 3.05) is 26.7 Å². The molecule has 0 aromatic rings. The highest BCUT2D eigenvalue weighted by atomic mass is 14.9. The summed E-state index contributed by atoms with van der Waals surface area (Å²) in [6.07, 6.45) is 9.90. The maximum atomic E-state index is 3.47. The lowest BCUT2D eigenvalue weighted by molar-refractivity contribution is 0.527. The molecule has 76 valence electrons. The summed E-state index contributed by atoms with van der Waals surface area (Å²) in [7, 11) is 2.00. The Morgan fingerprint density at radius 2 is 2.23 bits per heavy atom. The second-order valence-electron chi connectivity index (χ2n) is 3.76. The highest BCUT2D eigenvalue weighted by molar-refractivity contribution is 4.95. The summed E-state index contributed by atoms with van der Waals surface area (Å²) in [4.78, 5) is 0. The lowest BCUT2D eigenvalue weighted by atomic mass is 10.1. The molecular formula is C11H22N2. The molecule has 0 radical (unpaired) electrons. The second-order valence-corrected chi connectivity index (χ2v) is 3.76. The molecule has 0 spiro atoms. The monoisotopic (exact) mass is 182 g/mol. The summed E-state index contributed by atoms with van der Waals surface area (Å²) in [5.74, 6) is 0.858. The third-order valence-electron chi connectivity index (χ3n) is 2.58. The van der Waals surface area contributed by atoms with Gasteiger partial charge in [0.15, 0.2) is 0 Å². The molecule has 1 aliphatic carbocycles. The Bertz CT molecular complexity index is 143. The van der Waals surface area contributed by atoms with Gasteiger partial charge in [0.1, 0.15) is 0 Å². The van der Waals surface area contributed by atoms with E-state index in [2.05, 4.69) is 22.8 Å². The molecular weight excluding hydrogens is 160 g/mol. The highest BCUT2D eigenvalue weighted by Crippen LogP contribution is 2.19. The smallest absolute Gasteiger partial charge is 0.00368 e. The Hall–Kier alpha value is -0.340. The van der Waals surface area contributed by atoms with Crippen LogP contribution in [0.15, 0.2) is 12.2 Å². The summed E-state index contributed by atoms with van der Waals surface area (Å²) in [5, 5.41) is 6.62. The molecule has 0 saturated carbocycles. The molecule has 0 aromatic carbocycles. The topological polar surface area (TPSA) is 24.1 Å². The van der Waals surface area contributed by atoms with Crippen molar-refractivity contribution in [3.63, 3.8) is 0 Å². The van der Waals surface area contributed by atoms with Gasteiger partial charge in [-0.2, -0.15) is 0 Å². The number of hydrogen-bond donors (Lipinski definition) is 2. The Morgan fingerprint density at radius 3 is 2.92 bits per heavy atom. The van der Waals surface area contributed by atoms with E-state index >= 15 is 0 Å². The third kappa shape index (κ3) is 5.06. The van der Waals surface area contributed by atoms with Crippen LogP contribution in [-0.2, 0) is 0 Å². The van der Waals surface area contributed by atoms with Gasteiger partial charge in [-0.15, -0.1) is 0 Å². The molecule has 0 aliphatic heterocycles. The van der Waals surface area contributed by atoms with Gasteiger partial charge in [0.25, 0.3) is 0 Å². The van der Waals surface area contributed by atoms with Crippen LogP contribution in [0.25, 0.3) is 0 Å². The van der Waals surface area contributed by atoms with Crippen LogP contribution in [0.4, 0.5) is 0 Å². The zero-order valence-electron chi connectivity index (χ0n) is 8.68.